The van der Waals surface area contributed by atoms with E-state index < -0.39 is 0 Å². The van der Waals surface area contributed by atoms with Crippen LogP contribution in [-0.2, 0) is 9.59 Å². The zero-order chi connectivity index (χ0) is 18.4. The molecule has 0 atom stereocenters. The summed E-state index contributed by atoms with van der Waals surface area (Å²) in [6, 6.07) is 11.8. The fourth-order valence-electron chi connectivity index (χ4n) is 2.37. The smallest absolute Gasteiger partial charge is 0.234 e. The van der Waals surface area contributed by atoms with E-state index in [0.29, 0.717) is 0 Å². The summed E-state index contributed by atoms with van der Waals surface area (Å²) >= 11 is 1.30. The summed E-state index contributed by atoms with van der Waals surface area (Å²) in [6.45, 7) is 7.94. The SMILES string of the molecule is Cc1ccc(C)c(NC(=O)CSCC(=O)Nc2cccc(C)c2C)c1. The van der Waals surface area contributed by atoms with Crippen LogP contribution in [0, 0.1) is 27.7 Å². The Morgan fingerprint density at radius 3 is 2.16 bits per heavy atom. The maximum absolute atomic E-state index is 12.1. The lowest BCUT2D eigenvalue weighted by Crippen LogP contribution is -2.19. The molecule has 2 N–H and O–H groups in total. The van der Waals surface area contributed by atoms with Crippen LogP contribution >= 0.6 is 11.8 Å². The number of aryl methyl sites for hydroxylation is 3. The van der Waals surface area contributed by atoms with Crippen molar-refractivity contribution >= 4 is 35.0 Å². The molecule has 0 fully saturated rings. The minimum atomic E-state index is -0.0989. The average molecular weight is 356 g/mol. The Bertz CT molecular complexity index is 771. The van der Waals surface area contributed by atoms with Gasteiger partial charge in [-0.3, -0.25) is 9.59 Å². The molecule has 2 aromatic carbocycles. The zero-order valence-electron chi connectivity index (χ0n) is 15.1. The van der Waals surface area contributed by atoms with E-state index in [0.717, 1.165) is 33.6 Å². The van der Waals surface area contributed by atoms with Gasteiger partial charge in [0.1, 0.15) is 0 Å². The number of carbonyl (C=O) groups is 2. The van der Waals surface area contributed by atoms with Crippen molar-refractivity contribution in [2.45, 2.75) is 27.7 Å². The Balaban J connectivity index is 1.80. The van der Waals surface area contributed by atoms with Crippen molar-refractivity contribution in [1.29, 1.82) is 0 Å². The summed E-state index contributed by atoms with van der Waals surface area (Å²) in [5.41, 5.74) is 5.97. The molecule has 0 aliphatic carbocycles. The van der Waals surface area contributed by atoms with Crippen molar-refractivity contribution in [3.8, 4) is 0 Å². The minimum Gasteiger partial charge on any atom is -0.325 e. The Hall–Kier alpha value is -2.27. The summed E-state index contributed by atoms with van der Waals surface area (Å²) in [5, 5.41) is 5.80. The second-order valence-corrected chi connectivity index (χ2v) is 7.14. The van der Waals surface area contributed by atoms with Crippen LogP contribution in [0.2, 0.25) is 0 Å². The third kappa shape index (κ3) is 5.64. The first-order valence-corrected chi connectivity index (χ1v) is 9.33. The van der Waals surface area contributed by atoms with E-state index in [4.69, 9.17) is 0 Å². The molecule has 0 unspecified atom stereocenters. The van der Waals surface area contributed by atoms with Crippen LogP contribution in [0.15, 0.2) is 36.4 Å². The predicted octanol–water partition coefficient (Wildman–Crippen LogP) is 4.23. The lowest BCUT2D eigenvalue weighted by molar-refractivity contribution is -0.114. The highest BCUT2D eigenvalue weighted by Crippen LogP contribution is 2.19. The van der Waals surface area contributed by atoms with E-state index >= 15 is 0 Å². The largest absolute Gasteiger partial charge is 0.325 e. The van der Waals surface area contributed by atoms with Gasteiger partial charge >= 0.3 is 0 Å². The van der Waals surface area contributed by atoms with Crippen LogP contribution in [0.3, 0.4) is 0 Å². The standard InChI is InChI=1S/C20H24N2O2S/c1-13-8-9-15(3)18(10-13)22-20(24)12-25-11-19(23)21-17-7-5-6-14(2)16(17)4/h5-10H,11-12H2,1-4H3,(H,21,23)(H,22,24). The molecule has 4 nitrogen and oxygen atoms in total. The number of benzene rings is 2. The van der Waals surface area contributed by atoms with Gasteiger partial charge in [0.15, 0.2) is 0 Å². The summed E-state index contributed by atoms with van der Waals surface area (Å²) in [5.74, 6) is 0.290. The van der Waals surface area contributed by atoms with E-state index in [1.807, 2.05) is 64.1 Å². The van der Waals surface area contributed by atoms with Crippen molar-refractivity contribution < 1.29 is 9.59 Å². The molecule has 2 aromatic rings. The third-order valence-electron chi connectivity index (χ3n) is 4.01. The highest BCUT2D eigenvalue weighted by Gasteiger charge is 2.09. The molecule has 0 saturated carbocycles. The Morgan fingerprint density at radius 2 is 1.48 bits per heavy atom. The number of thioether (sulfide) groups is 1. The maximum atomic E-state index is 12.1. The van der Waals surface area contributed by atoms with Gasteiger partial charge in [0, 0.05) is 11.4 Å². The molecule has 5 heteroatoms. The number of amides is 2. The molecule has 0 aliphatic heterocycles. The van der Waals surface area contributed by atoms with Crippen molar-refractivity contribution in [3.63, 3.8) is 0 Å². The van der Waals surface area contributed by atoms with E-state index in [2.05, 4.69) is 10.6 Å². The Labute approximate surface area is 153 Å². The highest BCUT2D eigenvalue weighted by molar-refractivity contribution is 8.00. The van der Waals surface area contributed by atoms with Gasteiger partial charge in [-0.1, -0.05) is 24.3 Å². The van der Waals surface area contributed by atoms with Gasteiger partial charge < -0.3 is 10.6 Å². The summed E-state index contributed by atoms with van der Waals surface area (Å²) in [4.78, 5) is 24.1. The van der Waals surface area contributed by atoms with E-state index in [9.17, 15) is 9.59 Å². The van der Waals surface area contributed by atoms with Gasteiger partial charge in [0.25, 0.3) is 0 Å². The zero-order valence-corrected chi connectivity index (χ0v) is 15.9. The maximum Gasteiger partial charge on any atom is 0.234 e. The van der Waals surface area contributed by atoms with Crippen LogP contribution in [-0.4, -0.2) is 23.3 Å². The van der Waals surface area contributed by atoms with Crippen molar-refractivity contribution in [3.05, 3.63) is 58.7 Å². The number of rotatable bonds is 6. The lowest BCUT2D eigenvalue weighted by atomic mass is 10.1. The second kappa shape index (κ2) is 8.72. The first-order chi connectivity index (χ1) is 11.9. The van der Waals surface area contributed by atoms with Gasteiger partial charge in [0.05, 0.1) is 11.5 Å². The lowest BCUT2D eigenvalue weighted by Gasteiger charge is -2.11. The molecule has 0 aromatic heterocycles. The summed E-state index contributed by atoms with van der Waals surface area (Å²) < 4.78 is 0. The van der Waals surface area contributed by atoms with Crippen molar-refractivity contribution in [2.24, 2.45) is 0 Å². The minimum absolute atomic E-state index is 0.0989. The van der Waals surface area contributed by atoms with Gasteiger partial charge in [-0.2, -0.15) is 0 Å². The molecule has 0 saturated heterocycles. The first-order valence-electron chi connectivity index (χ1n) is 8.17. The number of hydrogen-bond donors (Lipinski definition) is 2. The van der Waals surface area contributed by atoms with Crippen LogP contribution in [0.1, 0.15) is 22.3 Å². The van der Waals surface area contributed by atoms with Crippen molar-refractivity contribution in [1.82, 2.24) is 0 Å². The molecule has 0 aliphatic rings. The summed E-state index contributed by atoms with van der Waals surface area (Å²) in [7, 11) is 0. The molecule has 25 heavy (non-hydrogen) atoms. The van der Waals surface area contributed by atoms with Gasteiger partial charge in [-0.05, 0) is 62.1 Å². The molecular formula is C20H24N2O2S. The fourth-order valence-corrected chi connectivity index (χ4v) is 2.98. The van der Waals surface area contributed by atoms with E-state index in [1.54, 1.807) is 0 Å². The fraction of sp³-hybridized carbons (Fsp3) is 0.300. The van der Waals surface area contributed by atoms with Crippen LogP contribution < -0.4 is 10.6 Å². The highest BCUT2D eigenvalue weighted by atomic mass is 32.2. The molecule has 0 spiro atoms. The van der Waals surface area contributed by atoms with Crippen LogP contribution in [0.25, 0.3) is 0 Å². The van der Waals surface area contributed by atoms with Crippen molar-refractivity contribution in [2.75, 3.05) is 22.1 Å². The molecular weight excluding hydrogens is 332 g/mol. The molecule has 0 bridgehead atoms. The van der Waals surface area contributed by atoms with Crippen LogP contribution in [0.5, 0.6) is 0 Å². The normalized spacial score (nSPS) is 10.4. The Kier molecular flexibility index (Phi) is 6.65. The third-order valence-corrected chi connectivity index (χ3v) is 4.94. The predicted molar refractivity (Wildman–Crippen MR) is 106 cm³/mol. The molecule has 2 rings (SSSR count). The molecule has 0 heterocycles. The molecule has 0 radical (unpaired) electrons. The quantitative estimate of drug-likeness (QED) is 0.814. The number of anilines is 2. The van der Waals surface area contributed by atoms with E-state index in [1.165, 1.54) is 11.8 Å². The Morgan fingerprint density at radius 1 is 0.840 bits per heavy atom. The number of carbonyl (C=O) groups excluding carboxylic acids is 2. The average Bonchev–Trinajstić information content (AvgIpc) is 2.55. The molecule has 2 amide bonds. The van der Waals surface area contributed by atoms with Gasteiger partial charge in [0.2, 0.25) is 11.8 Å². The van der Waals surface area contributed by atoms with Gasteiger partial charge in [-0.25, -0.2) is 0 Å². The first kappa shape index (κ1) is 19.1. The topological polar surface area (TPSA) is 58.2 Å². The summed E-state index contributed by atoms with van der Waals surface area (Å²) in [6.07, 6.45) is 0. The number of nitrogens with one attached hydrogen (secondary N) is 2. The van der Waals surface area contributed by atoms with E-state index in [-0.39, 0.29) is 23.3 Å². The number of hydrogen-bond acceptors (Lipinski definition) is 3. The van der Waals surface area contributed by atoms with Gasteiger partial charge in [-0.15, -0.1) is 11.8 Å². The molecule has 132 valence electrons. The second-order valence-electron chi connectivity index (χ2n) is 6.15. The van der Waals surface area contributed by atoms with Crippen LogP contribution in [0.4, 0.5) is 11.4 Å². The monoisotopic (exact) mass is 356 g/mol.